The van der Waals surface area contributed by atoms with Crippen molar-refractivity contribution in [1.82, 2.24) is 4.72 Å². The molecule has 0 spiro atoms. The molecule has 2 amide bonds. The third-order valence-corrected chi connectivity index (χ3v) is 7.69. The Morgan fingerprint density at radius 3 is 2.65 bits per heavy atom. The van der Waals surface area contributed by atoms with E-state index in [1.54, 1.807) is 20.8 Å². The highest BCUT2D eigenvalue weighted by atomic mass is 32.2. The zero-order valence-electron chi connectivity index (χ0n) is 18.5. The number of carbonyl (C=O) groups excluding carboxylic acids is 1. The first-order valence-electron chi connectivity index (χ1n) is 10.8. The van der Waals surface area contributed by atoms with Crippen LogP contribution in [-0.4, -0.2) is 15.3 Å². The summed E-state index contributed by atoms with van der Waals surface area (Å²) in [5.41, 5.74) is 3.52. The summed E-state index contributed by atoms with van der Waals surface area (Å²) in [7, 11) is -3.73. The molecule has 1 aromatic carbocycles. The van der Waals surface area contributed by atoms with Crippen molar-refractivity contribution in [2.75, 3.05) is 5.32 Å². The zero-order valence-corrected chi connectivity index (χ0v) is 19.3. The van der Waals surface area contributed by atoms with Crippen LogP contribution in [0.5, 0.6) is 0 Å². The normalized spacial score (nSPS) is 18.9. The van der Waals surface area contributed by atoms with Crippen molar-refractivity contribution in [1.29, 1.82) is 4.78 Å². The van der Waals surface area contributed by atoms with E-state index >= 15 is 0 Å². The third-order valence-electron chi connectivity index (χ3n) is 6.45. The maximum absolute atomic E-state index is 13.0. The zero-order chi connectivity index (χ0) is 22.6. The van der Waals surface area contributed by atoms with E-state index in [-0.39, 0.29) is 5.09 Å². The van der Waals surface area contributed by atoms with Crippen LogP contribution in [0.1, 0.15) is 74.0 Å². The first-order valence-corrected chi connectivity index (χ1v) is 12.4. The molecule has 2 aromatic rings. The van der Waals surface area contributed by atoms with Gasteiger partial charge in [-0.1, -0.05) is 19.1 Å². The number of furan rings is 1. The van der Waals surface area contributed by atoms with E-state index in [1.807, 2.05) is 0 Å². The number of benzene rings is 1. The SMILES string of the molecule is Cc1oc([S@](=N)(=O)NC(=O)Nc2c([C@H](C)C3CC3)ccc3c2CCC3)cc1C(C)(C)O. The average Bonchev–Trinajstić information content (AvgIpc) is 3.24. The molecule has 31 heavy (non-hydrogen) atoms. The summed E-state index contributed by atoms with van der Waals surface area (Å²) >= 11 is 0. The number of aryl methyl sites for hydroxylation is 2. The van der Waals surface area contributed by atoms with Gasteiger partial charge >= 0.3 is 6.03 Å². The summed E-state index contributed by atoms with van der Waals surface area (Å²) in [6, 6.07) is 4.96. The van der Waals surface area contributed by atoms with Crippen LogP contribution in [0.15, 0.2) is 27.7 Å². The molecule has 0 radical (unpaired) electrons. The van der Waals surface area contributed by atoms with Gasteiger partial charge < -0.3 is 14.8 Å². The molecule has 0 aliphatic heterocycles. The molecule has 1 heterocycles. The number of nitrogens with one attached hydrogen (secondary N) is 3. The van der Waals surface area contributed by atoms with Gasteiger partial charge in [-0.15, -0.1) is 0 Å². The van der Waals surface area contributed by atoms with Crippen LogP contribution in [0.2, 0.25) is 0 Å². The van der Waals surface area contributed by atoms with Crippen LogP contribution in [0.25, 0.3) is 0 Å². The Morgan fingerprint density at radius 2 is 2.03 bits per heavy atom. The fourth-order valence-electron chi connectivity index (χ4n) is 4.59. The van der Waals surface area contributed by atoms with Crippen LogP contribution in [-0.2, 0) is 28.4 Å². The van der Waals surface area contributed by atoms with Crippen LogP contribution in [0.3, 0.4) is 0 Å². The van der Waals surface area contributed by atoms with Gasteiger partial charge in [-0.25, -0.2) is 18.5 Å². The molecule has 0 unspecified atom stereocenters. The van der Waals surface area contributed by atoms with Crippen LogP contribution >= 0.6 is 0 Å². The summed E-state index contributed by atoms with van der Waals surface area (Å²) in [4.78, 5) is 12.8. The van der Waals surface area contributed by atoms with Crippen molar-refractivity contribution in [3.8, 4) is 0 Å². The number of hydrogen-bond donors (Lipinski definition) is 4. The number of rotatable bonds is 6. The van der Waals surface area contributed by atoms with Crippen molar-refractivity contribution in [2.45, 2.75) is 76.4 Å². The van der Waals surface area contributed by atoms with E-state index in [4.69, 9.17) is 9.20 Å². The van der Waals surface area contributed by atoms with E-state index in [9.17, 15) is 14.1 Å². The minimum absolute atomic E-state index is 0.179. The van der Waals surface area contributed by atoms with Crippen LogP contribution in [0, 0.1) is 17.6 Å². The molecule has 4 N–H and O–H groups in total. The lowest BCUT2D eigenvalue weighted by molar-refractivity contribution is 0.0769. The van der Waals surface area contributed by atoms with Crippen molar-refractivity contribution in [2.24, 2.45) is 5.92 Å². The third kappa shape index (κ3) is 4.36. The highest BCUT2D eigenvalue weighted by Crippen LogP contribution is 2.46. The second-order valence-electron chi connectivity index (χ2n) is 9.35. The average molecular weight is 446 g/mol. The standard InChI is InChI=1S/C23H31N3O4S/c1-13(15-8-9-15)17-11-10-16-6-5-7-18(16)21(17)25-22(27)26-31(24,29)20-12-19(14(2)30-20)23(3,4)28/h10-13,15,28H,5-9H2,1-4H3,(H3,24,25,26,27,29)/t13-,31-/m1/s1. The fourth-order valence-corrected chi connectivity index (χ4v) is 5.52. The van der Waals surface area contributed by atoms with Gasteiger partial charge in [-0.3, -0.25) is 0 Å². The summed E-state index contributed by atoms with van der Waals surface area (Å²) in [6.07, 6.45) is 5.34. The predicted molar refractivity (Wildman–Crippen MR) is 120 cm³/mol. The molecule has 1 aromatic heterocycles. The van der Waals surface area contributed by atoms with Crippen molar-refractivity contribution in [3.63, 3.8) is 0 Å². The van der Waals surface area contributed by atoms with E-state index in [0.29, 0.717) is 23.2 Å². The first-order chi connectivity index (χ1) is 14.5. The number of carbonyl (C=O) groups is 1. The smallest absolute Gasteiger partial charge is 0.332 e. The number of hydrogen-bond acceptors (Lipinski definition) is 5. The molecule has 7 nitrogen and oxygen atoms in total. The summed E-state index contributed by atoms with van der Waals surface area (Å²) in [5, 5.41) is 13.0. The van der Waals surface area contributed by atoms with Gasteiger partial charge in [0.25, 0.3) is 0 Å². The molecule has 4 rings (SSSR count). The second kappa shape index (κ2) is 7.67. The predicted octanol–water partition coefficient (Wildman–Crippen LogP) is 4.96. The van der Waals surface area contributed by atoms with Gasteiger partial charge in [0, 0.05) is 17.3 Å². The highest BCUT2D eigenvalue weighted by molar-refractivity contribution is 7.91. The molecule has 1 fully saturated rings. The van der Waals surface area contributed by atoms with Gasteiger partial charge in [0.15, 0.2) is 9.92 Å². The van der Waals surface area contributed by atoms with E-state index in [0.717, 1.165) is 36.1 Å². The fraction of sp³-hybridized carbons (Fsp3) is 0.522. The lowest BCUT2D eigenvalue weighted by atomic mass is 9.91. The quantitative estimate of drug-likeness (QED) is 0.503. The van der Waals surface area contributed by atoms with Crippen molar-refractivity contribution in [3.05, 3.63) is 46.2 Å². The maximum atomic E-state index is 13.0. The topological polar surface area (TPSA) is 115 Å². The summed E-state index contributed by atoms with van der Waals surface area (Å²) in [5.74, 6) is 1.34. The molecule has 2 atom stereocenters. The molecular formula is C23H31N3O4S. The molecule has 0 bridgehead atoms. The Bertz CT molecular complexity index is 1120. The number of anilines is 1. The maximum Gasteiger partial charge on any atom is 0.332 e. The second-order valence-corrected chi connectivity index (χ2v) is 11.1. The summed E-state index contributed by atoms with van der Waals surface area (Å²) < 4.78 is 29.0. The highest BCUT2D eigenvalue weighted by Gasteiger charge is 2.33. The molecular weight excluding hydrogens is 414 g/mol. The molecule has 168 valence electrons. The van der Waals surface area contributed by atoms with E-state index in [2.05, 4.69) is 29.1 Å². The first kappa shape index (κ1) is 21.9. The Balaban J connectivity index is 1.59. The molecule has 1 saturated carbocycles. The van der Waals surface area contributed by atoms with Crippen LogP contribution in [0.4, 0.5) is 10.5 Å². The molecule has 8 heteroatoms. The molecule has 0 saturated heterocycles. The molecule has 2 aliphatic carbocycles. The van der Waals surface area contributed by atoms with Gasteiger partial charge in [-0.2, -0.15) is 0 Å². The Kier molecular flexibility index (Phi) is 5.42. The Hall–Kier alpha value is -2.32. The van der Waals surface area contributed by atoms with Crippen LogP contribution < -0.4 is 10.0 Å². The Labute approximate surface area is 183 Å². The van der Waals surface area contributed by atoms with Gasteiger partial charge in [0.1, 0.15) is 5.76 Å². The summed E-state index contributed by atoms with van der Waals surface area (Å²) in [6.45, 7) is 6.98. The number of fused-ring (bicyclic) bond motifs is 1. The largest absolute Gasteiger partial charge is 0.449 e. The van der Waals surface area contributed by atoms with E-state index < -0.39 is 21.5 Å². The van der Waals surface area contributed by atoms with Crippen molar-refractivity contribution < 1.29 is 18.5 Å². The molecule has 2 aliphatic rings. The van der Waals surface area contributed by atoms with Gasteiger partial charge in [0.2, 0.25) is 5.09 Å². The van der Waals surface area contributed by atoms with Gasteiger partial charge in [0.05, 0.1) is 5.60 Å². The monoisotopic (exact) mass is 445 g/mol. The minimum Gasteiger partial charge on any atom is -0.449 e. The number of amides is 2. The minimum atomic E-state index is -3.73. The lowest BCUT2D eigenvalue weighted by Gasteiger charge is -2.20. The Morgan fingerprint density at radius 1 is 1.32 bits per heavy atom. The number of urea groups is 1. The van der Waals surface area contributed by atoms with Gasteiger partial charge in [-0.05, 0) is 81.4 Å². The van der Waals surface area contributed by atoms with Crippen molar-refractivity contribution >= 4 is 21.6 Å². The lowest BCUT2D eigenvalue weighted by Crippen LogP contribution is -2.34. The van der Waals surface area contributed by atoms with E-state index in [1.165, 1.54) is 24.5 Å². The number of aliphatic hydroxyl groups is 1.